The Balaban J connectivity index is 1.45. The first-order chi connectivity index (χ1) is 21.0. The van der Waals surface area contributed by atoms with Crippen molar-refractivity contribution < 1.29 is 28.8 Å². The fourth-order valence-corrected chi connectivity index (χ4v) is 5.41. The average Bonchev–Trinajstić information content (AvgIpc) is 3.04. The van der Waals surface area contributed by atoms with E-state index in [-0.39, 0.29) is 26.4 Å². The lowest BCUT2D eigenvalue weighted by atomic mass is 9.92. The van der Waals surface area contributed by atoms with Crippen LogP contribution in [0.5, 0.6) is 0 Å². The Morgan fingerprint density at radius 1 is 0.581 bits per heavy atom. The quantitative estimate of drug-likeness (QED) is 0.155. The molecule has 0 unspecified atom stereocenters. The van der Waals surface area contributed by atoms with Crippen LogP contribution in [0.25, 0.3) is 0 Å². The molecule has 0 amide bonds. The summed E-state index contributed by atoms with van der Waals surface area (Å²) < 4.78 is 31.8. The van der Waals surface area contributed by atoms with Gasteiger partial charge in [-0.1, -0.05) is 145 Å². The Morgan fingerprint density at radius 2 is 0.977 bits per heavy atom. The second-order valence-electron chi connectivity index (χ2n) is 10.4. The van der Waals surface area contributed by atoms with Crippen LogP contribution >= 0.6 is 23.2 Å². The van der Waals surface area contributed by atoms with Crippen LogP contribution in [-0.2, 0) is 50.1 Å². The van der Waals surface area contributed by atoms with Crippen molar-refractivity contribution in [2.75, 3.05) is 6.61 Å². The first kappa shape index (κ1) is 31.6. The summed E-state index contributed by atoms with van der Waals surface area (Å²) >= 11 is 12.9. The van der Waals surface area contributed by atoms with Gasteiger partial charge in [0.2, 0.25) is 5.79 Å². The number of aliphatic hydroxyl groups is 1. The van der Waals surface area contributed by atoms with Crippen molar-refractivity contribution in [1.29, 1.82) is 0 Å². The molecule has 0 aromatic heterocycles. The highest BCUT2D eigenvalue weighted by Gasteiger charge is 2.59. The maximum Gasteiger partial charge on any atom is 0.226 e. The van der Waals surface area contributed by atoms with E-state index < -0.39 is 35.0 Å². The highest BCUT2D eigenvalue weighted by molar-refractivity contribution is 6.45. The summed E-state index contributed by atoms with van der Waals surface area (Å²) in [5.41, 5.74) is 3.83. The molecule has 4 aromatic rings. The summed E-state index contributed by atoms with van der Waals surface area (Å²) in [7, 11) is 0. The number of hydrogen-bond donors (Lipinski definition) is 1. The van der Waals surface area contributed by atoms with Gasteiger partial charge >= 0.3 is 0 Å². The third kappa shape index (κ3) is 8.66. The van der Waals surface area contributed by atoms with Gasteiger partial charge in [0.1, 0.15) is 24.4 Å². The molecule has 0 aliphatic carbocycles. The highest BCUT2D eigenvalue weighted by Crippen LogP contribution is 2.40. The lowest BCUT2D eigenvalue weighted by molar-refractivity contribution is -0.365. The molecule has 1 aliphatic heterocycles. The van der Waals surface area contributed by atoms with Crippen LogP contribution < -0.4 is 0 Å². The van der Waals surface area contributed by atoms with Crippen molar-refractivity contribution in [2.24, 2.45) is 0 Å². The van der Waals surface area contributed by atoms with Crippen molar-refractivity contribution in [2.45, 2.75) is 61.5 Å². The lowest BCUT2D eigenvalue weighted by Crippen LogP contribution is -2.69. The van der Waals surface area contributed by atoms with Gasteiger partial charge in [-0.05, 0) is 22.3 Å². The molecule has 1 N–H and O–H groups in total. The molecule has 5 atom stereocenters. The van der Waals surface area contributed by atoms with Gasteiger partial charge < -0.3 is 28.8 Å². The molecule has 0 bridgehead atoms. The Kier molecular flexibility index (Phi) is 11.6. The van der Waals surface area contributed by atoms with E-state index in [1.165, 1.54) is 0 Å². The van der Waals surface area contributed by atoms with Gasteiger partial charge in [0, 0.05) is 0 Å². The number of benzene rings is 4. The molecule has 8 heteroatoms. The molecule has 6 nitrogen and oxygen atoms in total. The number of alkyl halides is 2. The minimum absolute atomic E-state index is 0.0910. The second kappa shape index (κ2) is 15.8. The zero-order valence-electron chi connectivity index (χ0n) is 23.7. The van der Waals surface area contributed by atoms with E-state index >= 15 is 0 Å². The topological polar surface area (TPSA) is 66.4 Å². The third-order valence-corrected chi connectivity index (χ3v) is 7.91. The van der Waals surface area contributed by atoms with Gasteiger partial charge in [0.25, 0.3) is 0 Å². The summed E-state index contributed by atoms with van der Waals surface area (Å²) in [6, 6.07) is 39.1. The van der Waals surface area contributed by atoms with Gasteiger partial charge in [-0.3, -0.25) is 0 Å². The number of ether oxygens (including phenoxy) is 5. The summed E-state index contributed by atoms with van der Waals surface area (Å²) in [6.07, 6.45) is -3.40. The standard InChI is InChI=1S/C35H36Cl2O6/c36-34(37)35(38)33(42-24-29-19-11-4-12-20-29)32(41-23-28-17-9-3-10-18-28)31(40-22-27-15-7-2-8-16-27)30(43-35)25-39-21-26-13-5-1-6-14-26/h1-20,30-34,38H,21-25H2/t30-,31-,32+,33-,35+/m1/s1. The van der Waals surface area contributed by atoms with Crippen LogP contribution in [0.2, 0.25) is 0 Å². The van der Waals surface area contributed by atoms with Crippen LogP contribution in [0.15, 0.2) is 121 Å². The molecule has 1 heterocycles. The largest absolute Gasteiger partial charge is 0.374 e. The van der Waals surface area contributed by atoms with Crippen molar-refractivity contribution in [3.63, 3.8) is 0 Å². The van der Waals surface area contributed by atoms with E-state index in [1.807, 2.05) is 121 Å². The van der Waals surface area contributed by atoms with E-state index in [0.29, 0.717) is 6.61 Å². The van der Waals surface area contributed by atoms with Crippen LogP contribution in [0.3, 0.4) is 0 Å². The Hall–Kier alpha value is -2.78. The van der Waals surface area contributed by atoms with Crippen LogP contribution in [0, 0.1) is 0 Å². The van der Waals surface area contributed by atoms with Crippen molar-refractivity contribution in [1.82, 2.24) is 0 Å². The minimum Gasteiger partial charge on any atom is -0.374 e. The van der Waals surface area contributed by atoms with Crippen molar-refractivity contribution in [3.8, 4) is 0 Å². The summed E-state index contributed by atoms with van der Waals surface area (Å²) in [5.74, 6) is -2.12. The zero-order valence-corrected chi connectivity index (χ0v) is 25.2. The minimum atomic E-state index is -2.12. The normalized spacial score (nSPS) is 23.8. The van der Waals surface area contributed by atoms with Gasteiger partial charge in [0.05, 0.1) is 33.0 Å². The van der Waals surface area contributed by atoms with Crippen molar-refractivity contribution >= 4 is 23.2 Å². The van der Waals surface area contributed by atoms with Crippen molar-refractivity contribution in [3.05, 3.63) is 144 Å². The van der Waals surface area contributed by atoms with E-state index in [1.54, 1.807) is 0 Å². The average molecular weight is 624 g/mol. The Labute approximate surface area is 263 Å². The molecule has 43 heavy (non-hydrogen) atoms. The highest BCUT2D eigenvalue weighted by atomic mass is 35.5. The molecular weight excluding hydrogens is 587 g/mol. The summed E-state index contributed by atoms with van der Waals surface area (Å²) in [4.78, 5) is -1.36. The zero-order chi connectivity index (χ0) is 29.9. The summed E-state index contributed by atoms with van der Waals surface area (Å²) in [5, 5.41) is 11.9. The molecule has 1 fully saturated rings. The molecule has 4 aromatic carbocycles. The van der Waals surface area contributed by atoms with Gasteiger partial charge in [-0.25, -0.2) is 0 Å². The monoisotopic (exact) mass is 622 g/mol. The lowest BCUT2D eigenvalue weighted by Gasteiger charge is -2.50. The van der Waals surface area contributed by atoms with E-state index in [0.717, 1.165) is 22.3 Å². The molecule has 1 saturated heterocycles. The Morgan fingerprint density at radius 3 is 1.42 bits per heavy atom. The SMILES string of the molecule is O[C@]1(C(Cl)Cl)O[C@H](COCc2ccccc2)[C@@H](OCc2ccccc2)[C@H](OCc2ccccc2)[C@H]1OCc1ccccc1. The molecule has 226 valence electrons. The first-order valence-corrected chi connectivity index (χ1v) is 15.2. The van der Waals surface area contributed by atoms with Crippen LogP contribution in [0.4, 0.5) is 0 Å². The maximum atomic E-state index is 11.9. The molecule has 0 radical (unpaired) electrons. The van der Waals surface area contributed by atoms with Gasteiger partial charge in [0.15, 0.2) is 4.84 Å². The fourth-order valence-electron chi connectivity index (χ4n) is 5.06. The van der Waals surface area contributed by atoms with E-state index in [4.69, 9.17) is 46.9 Å². The van der Waals surface area contributed by atoms with Gasteiger partial charge in [-0.15, -0.1) is 0 Å². The number of rotatable bonds is 14. The molecular formula is C35H36Cl2O6. The molecule has 5 rings (SSSR count). The van der Waals surface area contributed by atoms with E-state index in [9.17, 15) is 5.11 Å². The van der Waals surface area contributed by atoms with Gasteiger partial charge in [-0.2, -0.15) is 0 Å². The molecule has 0 saturated carbocycles. The first-order valence-electron chi connectivity index (χ1n) is 14.3. The van der Waals surface area contributed by atoms with Crippen LogP contribution in [-0.4, -0.2) is 46.8 Å². The smallest absolute Gasteiger partial charge is 0.226 e. The number of hydrogen-bond acceptors (Lipinski definition) is 6. The third-order valence-electron chi connectivity index (χ3n) is 7.29. The fraction of sp³-hybridized carbons (Fsp3) is 0.314. The molecule has 0 spiro atoms. The Bertz CT molecular complexity index is 1350. The van der Waals surface area contributed by atoms with E-state index in [2.05, 4.69) is 0 Å². The molecule has 1 aliphatic rings. The summed E-state index contributed by atoms with van der Waals surface area (Å²) in [6.45, 7) is 1.13. The second-order valence-corrected chi connectivity index (χ2v) is 11.5. The predicted molar refractivity (Wildman–Crippen MR) is 166 cm³/mol. The predicted octanol–water partition coefficient (Wildman–Crippen LogP) is 6.85. The number of halogens is 2. The van der Waals surface area contributed by atoms with Crippen LogP contribution in [0.1, 0.15) is 22.3 Å². The maximum absolute atomic E-state index is 11.9.